The third-order valence-electron chi connectivity index (χ3n) is 4.25. The van der Waals surface area contributed by atoms with Crippen molar-refractivity contribution in [2.24, 2.45) is 0 Å². The first-order valence-electron chi connectivity index (χ1n) is 9.43. The van der Waals surface area contributed by atoms with E-state index < -0.39 is 54.7 Å². The van der Waals surface area contributed by atoms with Gasteiger partial charge in [0.05, 0.1) is 18.9 Å². The number of Topliss-reactive ketones (excluding diaryl/α,β-unsaturated/α-hetero) is 2. The van der Waals surface area contributed by atoms with Crippen LogP contribution in [0.2, 0.25) is 0 Å². The van der Waals surface area contributed by atoms with Gasteiger partial charge in [-0.1, -0.05) is 30.3 Å². The van der Waals surface area contributed by atoms with Crippen LogP contribution in [0.25, 0.3) is 0 Å². The van der Waals surface area contributed by atoms with E-state index in [2.05, 4.69) is 10.6 Å². The van der Waals surface area contributed by atoms with Gasteiger partial charge in [-0.05, 0) is 17.2 Å². The van der Waals surface area contributed by atoms with Crippen LogP contribution < -0.4 is 10.6 Å². The number of carbonyl (C=O) groups is 5. The Balaban J connectivity index is 2.10. The smallest absolute Gasteiger partial charge is 0.408 e. The van der Waals surface area contributed by atoms with Crippen molar-refractivity contribution in [1.29, 1.82) is 0 Å². The average molecular weight is 448 g/mol. The van der Waals surface area contributed by atoms with E-state index in [1.54, 1.807) is 30.3 Å². The van der Waals surface area contributed by atoms with Crippen LogP contribution in [-0.2, 0) is 36.9 Å². The Morgan fingerprint density at radius 2 is 1.72 bits per heavy atom. The van der Waals surface area contributed by atoms with Gasteiger partial charge < -0.3 is 24.9 Å². The lowest BCUT2D eigenvalue weighted by atomic mass is 10.0. The van der Waals surface area contributed by atoms with Gasteiger partial charge in [-0.25, -0.2) is 9.18 Å². The van der Waals surface area contributed by atoms with Gasteiger partial charge in [0.15, 0.2) is 6.67 Å². The predicted molar refractivity (Wildman–Crippen MR) is 106 cm³/mol. The quantitative estimate of drug-likeness (QED) is 0.410. The summed E-state index contributed by atoms with van der Waals surface area (Å²) in [4.78, 5) is 59.3. The molecule has 0 saturated carbocycles. The highest BCUT2D eigenvalue weighted by Gasteiger charge is 2.32. The fourth-order valence-corrected chi connectivity index (χ4v) is 2.68. The van der Waals surface area contributed by atoms with Gasteiger partial charge in [0.25, 0.3) is 0 Å². The van der Waals surface area contributed by atoms with Crippen LogP contribution in [0.1, 0.15) is 17.5 Å². The monoisotopic (exact) mass is 448 g/mol. The number of amides is 2. The number of furan rings is 1. The zero-order valence-corrected chi connectivity index (χ0v) is 16.8. The molecule has 32 heavy (non-hydrogen) atoms. The minimum absolute atomic E-state index is 0.0716. The molecule has 0 spiro atoms. The summed E-state index contributed by atoms with van der Waals surface area (Å²) in [6.07, 6.45) is 0.692. The second kappa shape index (κ2) is 12.0. The van der Waals surface area contributed by atoms with Crippen LogP contribution in [-0.4, -0.2) is 53.4 Å². The summed E-state index contributed by atoms with van der Waals surface area (Å²) in [5.41, 5.74) is 1.21. The summed E-state index contributed by atoms with van der Waals surface area (Å²) in [6, 6.07) is 7.19. The topological polar surface area (TPSA) is 152 Å². The van der Waals surface area contributed by atoms with Crippen LogP contribution >= 0.6 is 0 Å². The molecule has 170 valence electrons. The lowest BCUT2D eigenvalue weighted by Gasteiger charge is -2.21. The van der Waals surface area contributed by atoms with Crippen LogP contribution in [0.4, 0.5) is 9.18 Å². The number of carbonyl (C=O) groups excluding carboxylic acids is 4. The lowest BCUT2D eigenvalue weighted by Crippen LogP contribution is -2.54. The van der Waals surface area contributed by atoms with Crippen LogP contribution in [0, 0.1) is 0 Å². The SMILES string of the molecule is O=C(O)CC(NC(=O)C(Cc1ccoc1)NC(=O)OCc1ccccc1)C(=O)C(=O)CF. The third kappa shape index (κ3) is 7.67. The number of benzene rings is 1. The van der Waals surface area contributed by atoms with E-state index in [4.69, 9.17) is 14.3 Å². The van der Waals surface area contributed by atoms with Crippen molar-refractivity contribution in [3.63, 3.8) is 0 Å². The molecule has 0 saturated heterocycles. The average Bonchev–Trinajstić information content (AvgIpc) is 3.29. The maximum Gasteiger partial charge on any atom is 0.408 e. The third-order valence-corrected chi connectivity index (χ3v) is 4.25. The van der Waals surface area contributed by atoms with Gasteiger partial charge in [0, 0.05) is 6.42 Å². The first-order valence-corrected chi connectivity index (χ1v) is 9.43. The second-order valence-corrected chi connectivity index (χ2v) is 6.67. The van der Waals surface area contributed by atoms with Crippen LogP contribution in [0.3, 0.4) is 0 Å². The predicted octanol–water partition coefficient (Wildman–Crippen LogP) is 1.18. The van der Waals surface area contributed by atoms with E-state index >= 15 is 0 Å². The first kappa shape index (κ1) is 24.3. The Labute approximate surface area is 181 Å². The van der Waals surface area contributed by atoms with Gasteiger partial charge in [-0.2, -0.15) is 0 Å². The van der Waals surface area contributed by atoms with Gasteiger partial charge in [0.2, 0.25) is 17.5 Å². The number of carboxylic acids is 1. The number of alkyl halides is 1. The molecule has 2 unspecified atom stereocenters. The standard InChI is InChI=1S/C21H21FN2O8/c22-10-17(25)19(28)15(9-18(26)27)23-20(29)16(8-14-6-7-31-11-14)24-21(30)32-12-13-4-2-1-3-5-13/h1-7,11,15-16H,8-10,12H2,(H,23,29)(H,24,30)(H,26,27). The van der Waals surface area contributed by atoms with Gasteiger partial charge in [-0.3, -0.25) is 19.2 Å². The molecular formula is C21H21FN2O8. The Morgan fingerprint density at radius 3 is 2.31 bits per heavy atom. The maximum absolute atomic E-state index is 12.7. The summed E-state index contributed by atoms with van der Waals surface area (Å²) in [6.45, 7) is -1.70. The maximum atomic E-state index is 12.7. The van der Waals surface area contributed by atoms with Crippen molar-refractivity contribution in [2.75, 3.05) is 6.67 Å². The van der Waals surface area contributed by atoms with Crippen molar-refractivity contribution in [3.05, 3.63) is 60.1 Å². The molecule has 0 aliphatic heterocycles. The van der Waals surface area contributed by atoms with Crippen molar-refractivity contribution in [3.8, 4) is 0 Å². The van der Waals surface area contributed by atoms with Crippen LogP contribution in [0.5, 0.6) is 0 Å². The Kier molecular flexibility index (Phi) is 9.08. The van der Waals surface area contributed by atoms with E-state index in [-0.39, 0.29) is 13.0 Å². The number of ketones is 2. The number of rotatable bonds is 12. The van der Waals surface area contributed by atoms with Gasteiger partial charge >= 0.3 is 12.1 Å². The summed E-state index contributed by atoms with van der Waals surface area (Å²) in [7, 11) is 0. The van der Waals surface area contributed by atoms with Gasteiger partial charge in [0.1, 0.15) is 18.7 Å². The highest BCUT2D eigenvalue weighted by Crippen LogP contribution is 2.07. The summed E-state index contributed by atoms with van der Waals surface area (Å²) in [5, 5.41) is 13.4. The van der Waals surface area contributed by atoms with E-state index in [1.807, 2.05) is 0 Å². The van der Waals surface area contributed by atoms with Crippen molar-refractivity contribution in [2.45, 2.75) is 31.5 Å². The number of nitrogens with one attached hydrogen (secondary N) is 2. The molecule has 3 N–H and O–H groups in total. The molecule has 10 nitrogen and oxygen atoms in total. The Bertz CT molecular complexity index is 946. The molecule has 1 heterocycles. The highest BCUT2D eigenvalue weighted by atomic mass is 19.1. The van der Waals surface area contributed by atoms with E-state index in [0.717, 1.165) is 0 Å². The molecule has 0 radical (unpaired) electrons. The highest BCUT2D eigenvalue weighted by molar-refractivity contribution is 6.40. The fraction of sp³-hybridized carbons (Fsp3) is 0.286. The fourth-order valence-electron chi connectivity index (χ4n) is 2.68. The summed E-state index contributed by atoms with van der Waals surface area (Å²) >= 11 is 0. The normalized spacial score (nSPS) is 12.3. The molecule has 0 fully saturated rings. The summed E-state index contributed by atoms with van der Waals surface area (Å²) < 4.78 is 22.6. The molecule has 2 amide bonds. The Morgan fingerprint density at radius 1 is 1.00 bits per heavy atom. The van der Waals surface area contributed by atoms with Gasteiger partial charge in [-0.15, -0.1) is 0 Å². The number of ether oxygens (including phenoxy) is 1. The van der Waals surface area contributed by atoms with Crippen LogP contribution in [0.15, 0.2) is 53.3 Å². The number of carboxylic acid groups (broad SMARTS) is 1. The summed E-state index contributed by atoms with van der Waals surface area (Å²) in [5.74, 6) is -5.32. The largest absolute Gasteiger partial charge is 0.481 e. The minimum Gasteiger partial charge on any atom is -0.481 e. The number of hydrogen-bond donors (Lipinski definition) is 3. The first-order chi connectivity index (χ1) is 15.3. The van der Waals surface area contributed by atoms with E-state index in [9.17, 15) is 28.4 Å². The molecule has 11 heteroatoms. The number of hydrogen-bond acceptors (Lipinski definition) is 7. The molecule has 2 atom stereocenters. The second-order valence-electron chi connectivity index (χ2n) is 6.67. The molecule has 0 aliphatic rings. The molecule has 0 aliphatic carbocycles. The number of aliphatic carboxylic acids is 1. The molecule has 2 rings (SSSR count). The lowest BCUT2D eigenvalue weighted by molar-refractivity contribution is -0.143. The Hall–Kier alpha value is -4.02. The number of alkyl carbamates (subject to hydrolysis) is 1. The molecule has 1 aromatic heterocycles. The van der Waals surface area contributed by atoms with Crippen molar-refractivity contribution < 1.29 is 42.6 Å². The van der Waals surface area contributed by atoms with E-state index in [0.29, 0.717) is 11.1 Å². The molecule has 1 aromatic carbocycles. The zero-order valence-electron chi connectivity index (χ0n) is 16.8. The number of halogens is 1. The molecule has 0 bridgehead atoms. The zero-order chi connectivity index (χ0) is 23.5. The molecular weight excluding hydrogens is 427 g/mol. The molecule has 2 aromatic rings. The van der Waals surface area contributed by atoms with E-state index in [1.165, 1.54) is 18.6 Å². The van der Waals surface area contributed by atoms with Crippen molar-refractivity contribution >= 4 is 29.5 Å². The van der Waals surface area contributed by atoms with Crippen molar-refractivity contribution in [1.82, 2.24) is 10.6 Å². The minimum atomic E-state index is -1.79.